The van der Waals surface area contributed by atoms with E-state index in [1.807, 2.05) is 0 Å². The molecule has 0 rings (SSSR count). The summed E-state index contributed by atoms with van der Waals surface area (Å²) in [5.74, 6) is -38.0. The minimum Gasteiger partial charge on any atom is -0.200 e. The Morgan fingerprint density at radius 3 is 1.07 bits per heavy atom. The van der Waals surface area contributed by atoms with Crippen LogP contribution in [0.2, 0.25) is 0 Å². The van der Waals surface area contributed by atoms with Crippen LogP contribution in [0, 0.1) is 0 Å². The molecule has 0 aromatic heterocycles. The first-order valence-corrected chi connectivity index (χ1v) is 11.1. The average molecular weight is 532 g/mol. The molecule has 28 heavy (non-hydrogen) atoms. The Bertz CT molecular complexity index is 564. The summed E-state index contributed by atoms with van der Waals surface area (Å²) in [6.07, 6.45) is -11.9. The largest absolute Gasteiger partial charge is 0.424 e. The maximum atomic E-state index is 13.3. The first-order valence-electron chi connectivity index (χ1n) is 6.11. The quantitative estimate of drug-likeness (QED) is 0.175. The lowest BCUT2D eigenvalue weighted by Gasteiger charge is -2.42. The summed E-state index contributed by atoms with van der Waals surface area (Å²) in [7, 11) is 0. The van der Waals surface area contributed by atoms with Crippen LogP contribution >= 0.6 is 33.2 Å². The first kappa shape index (κ1) is 28.0. The molecule has 0 saturated carbocycles. The van der Waals surface area contributed by atoms with E-state index in [9.17, 15) is 65.9 Å². The van der Waals surface area contributed by atoms with Gasteiger partial charge < -0.3 is 0 Å². The van der Waals surface area contributed by atoms with Gasteiger partial charge in [0.2, 0.25) is 0 Å². The van der Waals surface area contributed by atoms with Gasteiger partial charge in [0, 0.05) is 12.8 Å². The Balaban J connectivity index is 6.32. The van der Waals surface area contributed by atoms with Crippen molar-refractivity contribution in [3.05, 3.63) is 0 Å². The average Bonchev–Trinajstić information content (AvgIpc) is 2.42. The lowest BCUT2D eigenvalue weighted by atomic mass is 9.92. The second-order valence-electron chi connectivity index (χ2n) is 5.19. The topological polar surface area (TPSA) is 0 Å². The van der Waals surface area contributed by atoms with Gasteiger partial charge in [0.05, 0.1) is 0 Å². The highest BCUT2D eigenvalue weighted by Crippen LogP contribution is 2.62. The van der Waals surface area contributed by atoms with Crippen molar-refractivity contribution >= 4 is 39.2 Å². The molecule has 19 heteroatoms. The van der Waals surface area contributed by atoms with E-state index in [0.29, 0.717) is 0 Å². The fourth-order valence-electron chi connectivity index (χ4n) is 1.45. The normalized spacial score (nSPS) is 16.5. The molecule has 0 fully saturated rings. The Morgan fingerprint density at radius 2 is 0.786 bits per heavy atom. The summed E-state index contributed by atoms with van der Waals surface area (Å²) < 4.78 is 195. The number of alkyl halides is 15. The van der Waals surface area contributed by atoms with Crippen molar-refractivity contribution in [1.82, 2.24) is 0 Å². The highest BCUT2D eigenvalue weighted by molar-refractivity contribution is 7.65. The van der Waals surface area contributed by atoms with Crippen molar-refractivity contribution in [3.8, 4) is 0 Å². The minimum absolute atomic E-state index is 2.93. The van der Waals surface area contributed by atoms with Crippen LogP contribution in [0.3, 0.4) is 0 Å². The van der Waals surface area contributed by atoms with Gasteiger partial charge in [-0.15, -0.1) is 33.2 Å². The van der Waals surface area contributed by atoms with Gasteiger partial charge in [0.25, 0.3) is 0 Å². The van der Waals surface area contributed by atoms with Crippen LogP contribution in [0.15, 0.2) is 0 Å². The number of hydrogen-bond donors (Lipinski definition) is 0. The summed E-state index contributed by atoms with van der Waals surface area (Å²) in [4.78, 5) is 0. The van der Waals surface area contributed by atoms with Crippen LogP contribution in [-0.2, 0) is 0 Å². The van der Waals surface area contributed by atoms with Gasteiger partial charge in [-0.25, -0.2) is 0 Å². The van der Waals surface area contributed by atoms with Gasteiger partial charge in [-0.1, -0.05) is 0 Å². The van der Waals surface area contributed by atoms with Crippen molar-refractivity contribution in [1.29, 1.82) is 0 Å². The predicted molar refractivity (Wildman–Crippen MR) is 68.3 cm³/mol. The molecule has 0 aliphatic rings. The number of halogens is 18. The molecule has 0 aromatic carbocycles. The van der Waals surface area contributed by atoms with Crippen molar-refractivity contribution in [2.75, 3.05) is 0 Å². The van der Waals surface area contributed by atoms with Gasteiger partial charge in [0.15, 0.2) is 0 Å². The molecule has 0 unspecified atom stereocenters. The van der Waals surface area contributed by atoms with E-state index < -0.39 is 60.2 Å². The predicted octanol–water partition coefficient (Wildman–Crippen LogP) is 7.34. The zero-order chi connectivity index (χ0) is 23.4. The van der Waals surface area contributed by atoms with Crippen LogP contribution in [-0.4, -0.2) is 47.3 Å². The van der Waals surface area contributed by atoms with E-state index in [1.54, 1.807) is 0 Å². The molecule has 0 aliphatic heterocycles. The molecule has 0 aromatic rings. The van der Waals surface area contributed by atoms with Crippen molar-refractivity contribution in [2.24, 2.45) is 0 Å². The summed E-state index contributed by atoms with van der Waals surface area (Å²) in [6, 6.07) is -6.42. The zero-order valence-electron chi connectivity index (χ0n) is 12.2. The Labute approximate surface area is 160 Å². The molecular formula is C9H4Cl3F15Si. The molecule has 0 radical (unpaired) electrons. The Kier molecular flexibility index (Phi) is 7.33. The number of rotatable bonds is 8. The van der Waals surface area contributed by atoms with Crippen molar-refractivity contribution in [2.45, 2.75) is 54.2 Å². The van der Waals surface area contributed by atoms with E-state index in [-0.39, 0.29) is 0 Å². The van der Waals surface area contributed by atoms with Crippen LogP contribution in [0.4, 0.5) is 65.9 Å². The van der Waals surface area contributed by atoms with E-state index in [1.165, 1.54) is 0 Å². The zero-order valence-corrected chi connectivity index (χ0v) is 15.5. The molecule has 0 saturated heterocycles. The standard InChI is InChI=1S/C9H4Cl3F15Si/c10-28(11,12)9(26,27)8(24,25)7(22,23)6(20,21)5(18,19)3(13,14)1-2-4(15,16)17/h1-2H2. The fourth-order valence-corrected chi connectivity index (χ4v) is 3.04. The van der Waals surface area contributed by atoms with Crippen LogP contribution in [0.5, 0.6) is 0 Å². The number of hydrogen-bond acceptors (Lipinski definition) is 0. The van der Waals surface area contributed by atoms with Gasteiger partial charge in [-0.2, -0.15) is 65.9 Å². The van der Waals surface area contributed by atoms with Gasteiger partial charge >= 0.3 is 47.3 Å². The first-order chi connectivity index (χ1) is 11.7. The molecule has 0 heterocycles. The van der Waals surface area contributed by atoms with E-state index in [4.69, 9.17) is 0 Å². The molecule has 170 valence electrons. The molecule has 0 spiro atoms. The summed E-state index contributed by atoms with van der Waals surface area (Å²) >= 11 is 13.1. The SMILES string of the molecule is FC(F)(F)CCC(F)(F)C(F)(F)C(F)(F)C(F)(F)C(F)(F)C(F)(F)[Si](Cl)(Cl)Cl. The fraction of sp³-hybridized carbons (Fsp3) is 1.00. The third-order valence-electron chi connectivity index (χ3n) is 3.12. The Morgan fingerprint density at radius 1 is 0.464 bits per heavy atom. The summed E-state index contributed by atoms with van der Waals surface area (Å²) in [5, 5.41) is 0. The molecule has 0 nitrogen and oxygen atoms in total. The maximum absolute atomic E-state index is 13.3. The molecule has 0 bridgehead atoms. The summed E-state index contributed by atoms with van der Waals surface area (Å²) in [6.45, 7) is 0. The monoisotopic (exact) mass is 530 g/mol. The highest BCUT2D eigenvalue weighted by Gasteiger charge is 2.92. The van der Waals surface area contributed by atoms with Crippen LogP contribution in [0.1, 0.15) is 12.8 Å². The second kappa shape index (κ2) is 7.32. The third-order valence-corrected chi connectivity index (χ3v) is 6.28. The lowest BCUT2D eigenvalue weighted by Crippen LogP contribution is -2.73. The Hall–Kier alpha value is 0.0369. The van der Waals surface area contributed by atoms with Crippen molar-refractivity contribution in [3.63, 3.8) is 0 Å². The van der Waals surface area contributed by atoms with Crippen molar-refractivity contribution < 1.29 is 65.9 Å². The molecule has 0 atom stereocenters. The minimum atomic E-state index is -8.01. The summed E-state index contributed by atoms with van der Waals surface area (Å²) in [5.41, 5.74) is -6.69. The maximum Gasteiger partial charge on any atom is 0.424 e. The van der Waals surface area contributed by atoms with E-state index >= 15 is 0 Å². The van der Waals surface area contributed by atoms with Crippen LogP contribution in [0.25, 0.3) is 0 Å². The van der Waals surface area contributed by atoms with E-state index in [0.717, 1.165) is 0 Å². The highest BCUT2D eigenvalue weighted by atomic mass is 35.8. The second-order valence-corrected chi connectivity index (χ2v) is 13.7. The van der Waals surface area contributed by atoms with Gasteiger partial charge in [-0.3, -0.25) is 0 Å². The smallest absolute Gasteiger partial charge is 0.200 e. The molecular weight excluding hydrogens is 528 g/mol. The van der Waals surface area contributed by atoms with Gasteiger partial charge in [-0.05, 0) is 0 Å². The molecule has 0 amide bonds. The lowest BCUT2D eigenvalue weighted by molar-refractivity contribution is -0.418. The third kappa shape index (κ3) is 4.38. The van der Waals surface area contributed by atoms with E-state index in [2.05, 4.69) is 33.2 Å². The molecule has 0 aliphatic carbocycles. The molecule has 0 N–H and O–H groups in total. The van der Waals surface area contributed by atoms with Gasteiger partial charge in [0.1, 0.15) is 0 Å². The van der Waals surface area contributed by atoms with Crippen LogP contribution < -0.4 is 0 Å².